The first-order valence-corrected chi connectivity index (χ1v) is 5.06. The van der Waals surface area contributed by atoms with Crippen molar-refractivity contribution in [1.29, 1.82) is 0 Å². The maximum Gasteiger partial charge on any atom is 0.263 e. The minimum Gasteiger partial charge on any atom is -0.205 e. The largest absolute Gasteiger partial charge is 0.263 e. The third kappa shape index (κ3) is 2.68. The van der Waals surface area contributed by atoms with Gasteiger partial charge in [-0.3, -0.25) is 0 Å². The van der Waals surface area contributed by atoms with Crippen LogP contribution in [-0.2, 0) is 5.88 Å². The smallest absolute Gasteiger partial charge is 0.205 e. The number of halogens is 3. The zero-order chi connectivity index (χ0) is 10.7. The van der Waals surface area contributed by atoms with Crippen LogP contribution in [0.1, 0.15) is 42.9 Å². The van der Waals surface area contributed by atoms with Crippen molar-refractivity contribution in [3.8, 4) is 0 Å². The Morgan fingerprint density at radius 1 is 1.14 bits per heavy atom. The fourth-order valence-corrected chi connectivity index (χ4v) is 1.44. The Labute approximate surface area is 87.9 Å². The normalized spacial score (nSPS) is 11.4. The van der Waals surface area contributed by atoms with E-state index in [1.54, 1.807) is 6.07 Å². The zero-order valence-electron chi connectivity index (χ0n) is 8.23. The second kappa shape index (κ2) is 4.74. The van der Waals surface area contributed by atoms with Crippen molar-refractivity contribution in [3.63, 3.8) is 0 Å². The lowest BCUT2D eigenvalue weighted by atomic mass is 9.98. The molecular formula is C11H13ClF2. The Balaban J connectivity index is 3.13. The summed E-state index contributed by atoms with van der Waals surface area (Å²) in [5.41, 5.74) is 1.73. The molecule has 0 nitrogen and oxygen atoms in total. The van der Waals surface area contributed by atoms with Crippen molar-refractivity contribution in [1.82, 2.24) is 0 Å². The molecule has 0 radical (unpaired) electrons. The summed E-state index contributed by atoms with van der Waals surface area (Å²) in [5.74, 6) is 0.524. The SMILES string of the molecule is CC(C)c1cc(CCl)cc(C(F)F)c1. The summed E-state index contributed by atoms with van der Waals surface area (Å²) >= 11 is 5.64. The summed E-state index contributed by atoms with van der Waals surface area (Å²) in [5, 5.41) is 0. The lowest BCUT2D eigenvalue weighted by molar-refractivity contribution is 0.151. The van der Waals surface area contributed by atoms with Gasteiger partial charge in [0.15, 0.2) is 0 Å². The van der Waals surface area contributed by atoms with Crippen molar-refractivity contribution in [3.05, 3.63) is 34.9 Å². The Morgan fingerprint density at radius 3 is 2.14 bits per heavy atom. The van der Waals surface area contributed by atoms with E-state index in [9.17, 15) is 8.78 Å². The highest BCUT2D eigenvalue weighted by atomic mass is 35.5. The number of alkyl halides is 3. The Kier molecular flexibility index (Phi) is 3.87. The van der Waals surface area contributed by atoms with E-state index in [1.807, 2.05) is 19.9 Å². The molecule has 0 aliphatic heterocycles. The van der Waals surface area contributed by atoms with E-state index in [2.05, 4.69) is 0 Å². The monoisotopic (exact) mass is 218 g/mol. The zero-order valence-corrected chi connectivity index (χ0v) is 8.98. The third-order valence-corrected chi connectivity index (χ3v) is 2.42. The first kappa shape index (κ1) is 11.4. The van der Waals surface area contributed by atoms with Crippen molar-refractivity contribution in [2.45, 2.75) is 32.1 Å². The highest BCUT2D eigenvalue weighted by Crippen LogP contribution is 2.25. The van der Waals surface area contributed by atoms with Crippen LogP contribution in [0.2, 0.25) is 0 Å². The molecule has 0 aliphatic rings. The van der Waals surface area contributed by atoms with E-state index >= 15 is 0 Å². The Bertz CT molecular complexity index is 282. The number of hydrogen-bond donors (Lipinski definition) is 0. The molecule has 0 heterocycles. The maximum atomic E-state index is 12.5. The van der Waals surface area contributed by atoms with E-state index in [1.165, 1.54) is 6.07 Å². The number of rotatable bonds is 3. The van der Waals surface area contributed by atoms with E-state index in [0.717, 1.165) is 11.1 Å². The van der Waals surface area contributed by atoms with Gasteiger partial charge in [-0.15, -0.1) is 11.6 Å². The van der Waals surface area contributed by atoms with Crippen LogP contribution in [0, 0.1) is 0 Å². The summed E-state index contributed by atoms with van der Waals surface area (Å²) in [7, 11) is 0. The van der Waals surface area contributed by atoms with Crippen LogP contribution in [0.3, 0.4) is 0 Å². The summed E-state index contributed by atoms with van der Waals surface area (Å²) in [4.78, 5) is 0. The van der Waals surface area contributed by atoms with Crippen LogP contribution in [0.25, 0.3) is 0 Å². The molecule has 14 heavy (non-hydrogen) atoms. The second-order valence-corrected chi connectivity index (χ2v) is 3.86. The predicted molar refractivity (Wildman–Crippen MR) is 55.0 cm³/mol. The summed E-state index contributed by atoms with van der Waals surface area (Å²) in [6.45, 7) is 3.95. The van der Waals surface area contributed by atoms with Crippen molar-refractivity contribution in [2.24, 2.45) is 0 Å². The van der Waals surface area contributed by atoms with Crippen LogP contribution >= 0.6 is 11.6 Å². The first-order chi connectivity index (χ1) is 6.54. The molecule has 0 N–H and O–H groups in total. The van der Waals surface area contributed by atoms with Crippen LogP contribution in [0.4, 0.5) is 8.78 Å². The molecule has 0 aromatic heterocycles. The quantitative estimate of drug-likeness (QED) is 0.656. The fraction of sp³-hybridized carbons (Fsp3) is 0.455. The Hall–Kier alpha value is -0.630. The highest BCUT2D eigenvalue weighted by Gasteiger charge is 2.10. The summed E-state index contributed by atoms with van der Waals surface area (Å²) in [6.07, 6.45) is -2.42. The molecular weight excluding hydrogens is 206 g/mol. The van der Waals surface area contributed by atoms with Gasteiger partial charge in [-0.05, 0) is 29.2 Å². The number of hydrogen-bond acceptors (Lipinski definition) is 0. The minimum absolute atomic E-state index is 0.0619. The lowest BCUT2D eigenvalue weighted by Crippen LogP contribution is -1.94. The van der Waals surface area contributed by atoms with Gasteiger partial charge in [0.1, 0.15) is 0 Å². The molecule has 0 unspecified atom stereocenters. The molecule has 1 rings (SSSR count). The molecule has 1 aromatic rings. The molecule has 78 valence electrons. The number of benzene rings is 1. The summed E-state index contributed by atoms with van der Waals surface area (Å²) in [6, 6.07) is 4.89. The summed E-state index contributed by atoms with van der Waals surface area (Å²) < 4.78 is 25.0. The van der Waals surface area contributed by atoms with E-state index in [-0.39, 0.29) is 17.4 Å². The predicted octanol–water partition coefficient (Wildman–Crippen LogP) is 4.49. The van der Waals surface area contributed by atoms with Crippen LogP contribution < -0.4 is 0 Å². The van der Waals surface area contributed by atoms with Crippen molar-refractivity contribution >= 4 is 11.6 Å². The molecule has 3 heteroatoms. The van der Waals surface area contributed by atoms with E-state index in [4.69, 9.17) is 11.6 Å². The van der Waals surface area contributed by atoms with Gasteiger partial charge >= 0.3 is 0 Å². The van der Waals surface area contributed by atoms with Gasteiger partial charge in [0, 0.05) is 11.4 Å². The van der Waals surface area contributed by atoms with Gasteiger partial charge in [-0.1, -0.05) is 19.9 Å². The van der Waals surface area contributed by atoms with Gasteiger partial charge in [-0.2, -0.15) is 0 Å². The van der Waals surface area contributed by atoms with Gasteiger partial charge in [-0.25, -0.2) is 8.78 Å². The third-order valence-electron chi connectivity index (χ3n) is 2.11. The highest BCUT2D eigenvalue weighted by molar-refractivity contribution is 6.17. The van der Waals surface area contributed by atoms with Gasteiger partial charge in [0.05, 0.1) is 0 Å². The average Bonchev–Trinajstić information content (AvgIpc) is 2.16. The van der Waals surface area contributed by atoms with Crippen LogP contribution in [0.5, 0.6) is 0 Å². The molecule has 1 aromatic carbocycles. The van der Waals surface area contributed by atoms with Gasteiger partial charge < -0.3 is 0 Å². The molecule has 0 fully saturated rings. The first-order valence-electron chi connectivity index (χ1n) is 4.52. The molecule has 0 amide bonds. The Morgan fingerprint density at radius 2 is 1.71 bits per heavy atom. The molecule has 0 saturated carbocycles. The van der Waals surface area contributed by atoms with E-state index in [0.29, 0.717) is 0 Å². The standard InChI is InChI=1S/C11H13ClF2/c1-7(2)9-3-8(6-12)4-10(5-9)11(13)14/h3-5,7,11H,6H2,1-2H3. The molecule has 0 atom stereocenters. The van der Waals surface area contributed by atoms with Gasteiger partial charge in [0.25, 0.3) is 6.43 Å². The van der Waals surface area contributed by atoms with Crippen molar-refractivity contribution < 1.29 is 8.78 Å². The average molecular weight is 219 g/mol. The molecule has 0 spiro atoms. The van der Waals surface area contributed by atoms with Crippen LogP contribution in [0.15, 0.2) is 18.2 Å². The molecule has 0 saturated heterocycles. The van der Waals surface area contributed by atoms with Gasteiger partial charge in [0.2, 0.25) is 0 Å². The second-order valence-electron chi connectivity index (χ2n) is 3.60. The van der Waals surface area contributed by atoms with Crippen molar-refractivity contribution in [2.75, 3.05) is 0 Å². The topological polar surface area (TPSA) is 0 Å². The van der Waals surface area contributed by atoms with E-state index < -0.39 is 6.43 Å². The molecule has 0 bridgehead atoms. The maximum absolute atomic E-state index is 12.5. The molecule has 0 aliphatic carbocycles. The van der Waals surface area contributed by atoms with Crippen LogP contribution in [-0.4, -0.2) is 0 Å². The fourth-order valence-electron chi connectivity index (χ4n) is 1.28. The minimum atomic E-state index is -2.42. The lowest BCUT2D eigenvalue weighted by Gasteiger charge is -2.10.